The van der Waals surface area contributed by atoms with E-state index in [0.29, 0.717) is 11.6 Å². The van der Waals surface area contributed by atoms with Gasteiger partial charge in [0.25, 0.3) is 0 Å². The lowest BCUT2D eigenvalue weighted by Gasteiger charge is -2.52. The third-order valence-corrected chi connectivity index (χ3v) is 4.14. The maximum atomic E-state index is 2.66. The molecule has 1 rings (SSSR count). The van der Waals surface area contributed by atoms with Gasteiger partial charge in [0.15, 0.2) is 0 Å². The highest BCUT2D eigenvalue weighted by Crippen LogP contribution is 2.38. The minimum absolute atomic E-state index is 0.502. The van der Waals surface area contributed by atoms with Crippen molar-refractivity contribution in [2.24, 2.45) is 0 Å². The average Bonchev–Trinajstić information content (AvgIpc) is 2.14. The SMILES string of the molecule is CCN(CC)C1(CN(C)C(C)C)CCC1. The Hall–Kier alpha value is -0.0800. The zero-order valence-corrected chi connectivity index (χ0v) is 11.2. The molecule has 0 heterocycles. The van der Waals surface area contributed by atoms with Crippen molar-refractivity contribution in [2.45, 2.75) is 58.5 Å². The third-order valence-electron chi connectivity index (χ3n) is 4.14. The minimum Gasteiger partial charge on any atom is -0.302 e. The molecule has 0 N–H and O–H groups in total. The van der Waals surface area contributed by atoms with Crippen molar-refractivity contribution in [1.82, 2.24) is 9.80 Å². The first-order chi connectivity index (χ1) is 7.05. The van der Waals surface area contributed by atoms with Crippen LogP contribution in [-0.2, 0) is 0 Å². The van der Waals surface area contributed by atoms with E-state index in [2.05, 4.69) is 44.5 Å². The molecule has 15 heavy (non-hydrogen) atoms. The molecule has 0 amide bonds. The van der Waals surface area contributed by atoms with Crippen LogP contribution in [0, 0.1) is 0 Å². The summed E-state index contributed by atoms with van der Waals surface area (Å²) in [5, 5.41) is 0. The minimum atomic E-state index is 0.502. The highest BCUT2D eigenvalue weighted by Gasteiger charge is 2.41. The van der Waals surface area contributed by atoms with E-state index in [9.17, 15) is 0 Å². The fraction of sp³-hybridized carbons (Fsp3) is 1.00. The van der Waals surface area contributed by atoms with Gasteiger partial charge in [-0.15, -0.1) is 0 Å². The second-order valence-electron chi connectivity index (χ2n) is 5.26. The number of rotatable bonds is 6. The summed E-state index contributed by atoms with van der Waals surface area (Å²) in [5.41, 5.74) is 0.502. The molecule has 0 spiro atoms. The molecule has 0 radical (unpaired) electrons. The van der Waals surface area contributed by atoms with Crippen molar-refractivity contribution in [3.63, 3.8) is 0 Å². The molecule has 0 aromatic carbocycles. The molecule has 2 heteroatoms. The zero-order chi connectivity index (χ0) is 11.5. The molecule has 90 valence electrons. The van der Waals surface area contributed by atoms with Gasteiger partial charge in [-0.1, -0.05) is 13.8 Å². The molecule has 1 aliphatic carbocycles. The summed E-state index contributed by atoms with van der Waals surface area (Å²) in [4.78, 5) is 5.16. The molecule has 1 aliphatic rings. The van der Waals surface area contributed by atoms with E-state index in [-0.39, 0.29) is 0 Å². The first-order valence-corrected chi connectivity index (χ1v) is 6.51. The van der Waals surface area contributed by atoms with Gasteiger partial charge >= 0.3 is 0 Å². The predicted molar refractivity (Wildman–Crippen MR) is 67.3 cm³/mol. The fourth-order valence-corrected chi connectivity index (χ4v) is 2.70. The smallest absolute Gasteiger partial charge is 0.0336 e. The molecule has 0 bridgehead atoms. The van der Waals surface area contributed by atoms with Gasteiger partial charge in [-0.25, -0.2) is 0 Å². The summed E-state index contributed by atoms with van der Waals surface area (Å²) >= 11 is 0. The van der Waals surface area contributed by atoms with Crippen LogP contribution in [-0.4, -0.2) is 48.1 Å². The van der Waals surface area contributed by atoms with E-state index in [1.165, 1.54) is 38.9 Å². The number of hydrogen-bond acceptors (Lipinski definition) is 2. The highest BCUT2D eigenvalue weighted by atomic mass is 15.3. The van der Waals surface area contributed by atoms with Crippen molar-refractivity contribution in [3.05, 3.63) is 0 Å². The molecule has 0 saturated heterocycles. The zero-order valence-electron chi connectivity index (χ0n) is 11.2. The van der Waals surface area contributed by atoms with Crippen molar-refractivity contribution in [3.8, 4) is 0 Å². The van der Waals surface area contributed by atoms with Crippen LogP contribution in [0.15, 0.2) is 0 Å². The topological polar surface area (TPSA) is 6.48 Å². The molecular weight excluding hydrogens is 184 g/mol. The van der Waals surface area contributed by atoms with Gasteiger partial charge in [-0.2, -0.15) is 0 Å². The summed E-state index contributed by atoms with van der Waals surface area (Å²) in [6.45, 7) is 12.8. The molecule has 1 saturated carbocycles. The fourth-order valence-electron chi connectivity index (χ4n) is 2.70. The van der Waals surface area contributed by atoms with Crippen LogP contribution in [0.3, 0.4) is 0 Å². The lowest BCUT2D eigenvalue weighted by molar-refractivity contribution is -0.00775. The van der Waals surface area contributed by atoms with Gasteiger partial charge in [0, 0.05) is 18.1 Å². The Balaban J connectivity index is 2.60. The standard InChI is InChI=1S/C13H28N2/c1-6-15(7-2)13(9-8-10-13)11-14(5)12(3)4/h12H,6-11H2,1-5H3. The summed E-state index contributed by atoms with van der Waals surface area (Å²) in [6.07, 6.45) is 4.21. The highest BCUT2D eigenvalue weighted by molar-refractivity contribution is 4.99. The van der Waals surface area contributed by atoms with E-state index >= 15 is 0 Å². The predicted octanol–water partition coefficient (Wildman–Crippen LogP) is 2.59. The molecule has 0 aromatic heterocycles. The van der Waals surface area contributed by atoms with Crippen LogP contribution in [0.2, 0.25) is 0 Å². The van der Waals surface area contributed by atoms with Gasteiger partial charge in [-0.05, 0) is 53.2 Å². The summed E-state index contributed by atoms with van der Waals surface area (Å²) < 4.78 is 0. The molecule has 1 fully saturated rings. The maximum absolute atomic E-state index is 2.66. The summed E-state index contributed by atoms with van der Waals surface area (Å²) in [6, 6.07) is 0.665. The summed E-state index contributed by atoms with van der Waals surface area (Å²) in [5.74, 6) is 0. The lowest BCUT2D eigenvalue weighted by Crippen LogP contribution is -2.60. The number of nitrogens with zero attached hydrogens (tertiary/aromatic N) is 2. The first-order valence-electron chi connectivity index (χ1n) is 6.51. The lowest BCUT2D eigenvalue weighted by atomic mass is 9.74. The Morgan fingerprint density at radius 1 is 1.13 bits per heavy atom. The quantitative estimate of drug-likeness (QED) is 0.668. The molecular formula is C13H28N2. The molecule has 0 aliphatic heterocycles. The molecule has 0 unspecified atom stereocenters. The van der Waals surface area contributed by atoms with Crippen LogP contribution < -0.4 is 0 Å². The summed E-state index contributed by atoms with van der Waals surface area (Å²) in [7, 11) is 2.26. The Morgan fingerprint density at radius 3 is 1.93 bits per heavy atom. The molecule has 2 nitrogen and oxygen atoms in total. The van der Waals surface area contributed by atoms with Crippen molar-refractivity contribution in [2.75, 3.05) is 26.7 Å². The van der Waals surface area contributed by atoms with Gasteiger partial charge in [-0.3, -0.25) is 4.90 Å². The van der Waals surface area contributed by atoms with Crippen LogP contribution in [0.1, 0.15) is 47.0 Å². The van der Waals surface area contributed by atoms with E-state index < -0.39 is 0 Å². The van der Waals surface area contributed by atoms with E-state index in [1.807, 2.05) is 0 Å². The van der Waals surface area contributed by atoms with Gasteiger partial charge < -0.3 is 4.90 Å². The van der Waals surface area contributed by atoms with Crippen molar-refractivity contribution >= 4 is 0 Å². The van der Waals surface area contributed by atoms with Crippen LogP contribution >= 0.6 is 0 Å². The maximum Gasteiger partial charge on any atom is 0.0336 e. The second-order valence-corrected chi connectivity index (χ2v) is 5.26. The average molecular weight is 212 g/mol. The Kier molecular flexibility index (Phi) is 4.60. The second kappa shape index (κ2) is 5.31. The number of hydrogen-bond donors (Lipinski definition) is 0. The van der Waals surface area contributed by atoms with Gasteiger partial charge in [0.05, 0.1) is 0 Å². The normalized spacial score (nSPS) is 20.0. The van der Waals surface area contributed by atoms with Crippen molar-refractivity contribution < 1.29 is 0 Å². The Labute approximate surface area is 95.6 Å². The largest absolute Gasteiger partial charge is 0.302 e. The number of likely N-dealkylation sites (N-methyl/N-ethyl adjacent to an activating group) is 2. The monoisotopic (exact) mass is 212 g/mol. The molecule has 0 atom stereocenters. The van der Waals surface area contributed by atoms with Gasteiger partial charge in [0.2, 0.25) is 0 Å². The Morgan fingerprint density at radius 2 is 1.67 bits per heavy atom. The molecule has 0 aromatic rings. The Bertz CT molecular complexity index is 181. The van der Waals surface area contributed by atoms with Crippen LogP contribution in [0.5, 0.6) is 0 Å². The van der Waals surface area contributed by atoms with Crippen LogP contribution in [0.25, 0.3) is 0 Å². The third kappa shape index (κ3) is 2.73. The van der Waals surface area contributed by atoms with E-state index in [0.717, 1.165) is 0 Å². The van der Waals surface area contributed by atoms with Gasteiger partial charge in [0.1, 0.15) is 0 Å². The van der Waals surface area contributed by atoms with Crippen molar-refractivity contribution in [1.29, 1.82) is 0 Å². The van der Waals surface area contributed by atoms with E-state index in [1.54, 1.807) is 0 Å². The first kappa shape index (κ1) is 13.0. The van der Waals surface area contributed by atoms with E-state index in [4.69, 9.17) is 0 Å². The van der Waals surface area contributed by atoms with Crippen LogP contribution in [0.4, 0.5) is 0 Å².